The third kappa shape index (κ3) is 4.36. The van der Waals surface area contributed by atoms with Crippen LogP contribution >= 0.6 is 0 Å². The fourth-order valence-electron chi connectivity index (χ4n) is 2.28. The van der Waals surface area contributed by atoms with Crippen molar-refractivity contribution in [3.05, 3.63) is 23.8 Å². The standard InChI is InChI=1S/C15H21N3O4/c1-21-12-4-3-11(7-13(12)22-2)8-17-15(20)10-18-6-5-16-14(19)9-18/h3-4,7H,5-6,8-10H2,1-2H3,(H,16,19)(H,17,20). The molecule has 7 nitrogen and oxygen atoms in total. The van der Waals surface area contributed by atoms with Gasteiger partial charge in [0.1, 0.15) is 0 Å². The number of carbonyl (C=O) groups is 2. The second-order valence-corrected chi connectivity index (χ2v) is 5.03. The summed E-state index contributed by atoms with van der Waals surface area (Å²) in [5, 5.41) is 5.57. The van der Waals surface area contributed by atoms with Crippen molar-refractivity contribution < 1.29 is 19.1 Å². The first-order valence-corrected chi connectivity index (χ1v) is 7.09. The lowest BCUT2D eigenvalue weighted by molar-refractivity contribution is -0.127. The molecule has 22 heavy (non-hydrogen) atoms. The predicted molar refractivity (Wildman–Crippen MR) is 80.8 cm³/mol. The third-order valence-corrected chi connectivity index (χ3v) is 3.42. The third-order valence-electron chi connectivity index (χ3n) is 3.42. The van der Waals surface area contributed by atoms with Gasteiger partial charge < -0.3 is 20.1 Å². The number of nitrogens with one attached hydrogen (secondary N) is 2. The zero-order valence-corrected chi connectivity index (χ0v) is 12.8. The van der Waals surface area contributed by atoms with Crippen LogP contribution in [0.25, 0.3) is 0 Å². The molecule has 0 atom stereocenters. The molecule has 1 aromatic carbocycles. The molecule has 120 valence electrons. The normalized spacial score (nSPS) is 15.1. The van der Waals surface area contributed by atoms with Crippen LogP contribution in [0, 0.1) is 0 Å². The maximum Gasteiger partial charge on any atom is 0.234 e. The molecule has 2 N–H and O–H groups in total. The summed E-state index contributed by atoms with van der Waals surface area (Å²) >= 11 is 0. The molecule has 0 radical (unpaired) electrons. The van der Waals surface area contributed by atoms with Crippen molar-refractivity contribution in [2.75, 3.05) is 40.4 Å². The molecule has 1 aliphatic rings. The van der Waals surface area contributed by atoms with Crippen LogP contribution in [-0.2, 0) is 16.1 Å². The van der Waals surface area contributed by atoms with Gasteiger partial charge in [0.25, 0.3) is 0 Å². The molecule has 0 spiro atoms. The van der Waals surface area contributed by atoms with E-state index in [4.69, 9.17) is 9.47 Å². The lowest BCUT2D eigenvalue weighted by Crippen LogP contribution is -2.50. The maximum atomic E-state index is 11.9. The van der Waals surface area contributed by atoms with Crippen LogP contribution in [0.4, 0.5) is 0 Å². The average Bonchev–Trinajstić information content (AvgIpc) is 2.52. The molecule has 2 rings (SSSR count). The smallest absolute Gasteiger partial charge is 0.234 e. The van der Waals surface area contributed by atoms with Crippen LogP contribution in [-0.4, -0.2) is 57.1 Å². The summed E-state index contributed by atoms with van der Waals surface area (Å²) in [5.74, 6) is 1.13. The molecule has 0 unspecified atom stereocenters. The second-order valence-electron chi connectivity index (χ2n) is 5.03. The van der Waals surface area contributed by atoms with Gasteiger partial charge in [-0.25, -0.2) is 0 Å². The van der Waals surface area contributed by atoms with Crippen molar-refractivity contribution in [3.8, 4) is 11.5 Å². The summed E-state index contributed by atoms with van der Waals surface area (Å²) in [7, 11) is 3.15. The largest absolute Gasteiger partial charge is 0.493 e. The van der Waals surface area contributed by atoms with Gasteiger partial charge in [-0.1, -0.05) is 6.07 Å². The Morgan fingerprint density at radius 3 is 2.77 bits per heavy atom. The number of carbonyl (C=O) groups excluding carboxylic acids is 2. The Morgan fingerprint density at radius 2 is 2.09 bits per heavy atom. The molecule has 0 aliphatic carbocycles. The minimum absolute atomic E-state index is 0.0426. The number of nitrogens with zero attached hydrogens (tertiary/aromatic N) is 1. The average molecular weight is 307 g/mol. The maximum absolute atomic E-state index is 11.9. The number of hydrogen-bond donors (Lipinski definition) is 2. The van der Waals surface area contributed by atoms with Gasteiger partial charge in [-0.05, 0) is 17.7 Å². The van der Waals surface area contributed by atoms with Gasteiger partial charge in [-0.2, -0.15) is 0 Å². The van der Waals surface area contributed by atoms with Crippen molar-refractivity contribution in [3.63, 3.8) is 0 Å². The van der Waals surface area contributed by atoms with Gasteiger partial charge in [-0.15, -0.1) is 0 Å². The molecule has 2 amide bonds. The monoisotopic (exact) mass is 307 g/mol. The number of benzene rings is 1. The van der Waals surface area contributed by atoms with E-state index in [0.29, 0.717) is 31.1 Å². The van der Waals surface area contributed by atoms with Crippen LogP contribution in [0.1, 0.15) is 5.56 Å². The Hall–Kier alpha value is -2.28. The Balaban J connectivity index is 1.84. The second kappa shape index (κ2) is 7.65. The summed E-state index contributed by atoms with van der Waals surface area (Å²) in [4.78, 5) is 25.0. The first-order chi connectivity index (χ1) is 10.6. The predicted octanol–water partition coefficient (Wildman–Crippen LogP) is -0.248. The lowest BCUT2D eigenvalue weighted by Gasteiger charge is -2.25. The Kier molecular flexibility index (Phi) is 5.60. The van der Waals surface area contributed by atoms with E-state index in [0.717, 1.165) is 5.56 Å². The summed E-state index contributed by atoms with van der Waals surface area (Å²) in [6.07, 6.45) is 0. The SMILES string of the molecule is COc1ccc(CNC(=O)CN2CCNC(=O)C2)cc1OC. The zero-order chi connectivity index (χ0) is 15.9. The molecule has 0 saturated carbocycles. The van der Waals surface area contributed by atoms with E-state index in [1.807, 2.05) is 17.0 Å². The van der Waals surface area contributed by atoms with E-state index in [9.17, 15) is 9.59 Å². The number of ether oxygens (including phenoxy) is 2. The van der Waals surface area contributed by atoms with Crippen LogP contribution in [0.5, 0.6) is 11.5 Å². The molecule has 0 aromatic heterocycles. The Bertz CT molecular complexity index is 548. The Labute approximate surface area is 129 Å². The van der Waals surface area contributed by atoms with E-state index in [1.54, 1.807) is 20.3 Å². The van der Waals surface area contributed by atoms with E-state index < -0.39 is 0 Å². The van der Waals surface area contributed by atoms with Crippen LogP contribution in [0.3, 0.4) is 0 Å². The summed E-state index contributed by atoms with van der Waals surface area (Å²) in [6.45, 7) is 2.17. The van der Waals surface area contributed by atoms with Gasteiger partial charge in [0.2, 0.25) is 11.8 Å². The highest BCUT2D eigenvalue weighted by atomic mass is 16.5. The topological polar surface area (TPSA) is 79.9 Å². The molecule has 1 aromatic rings. The number of amides is 2. The fraction of sp³-hybridized carbons (Fsp3) is 0.467. The summed E-state index contributed by atoms with van der Waals surface area (Å²) < 4.78 is 10.4. The lowest BCUT2D eigenvalue weighted by atomic mass is 10.2. The molecular weight excluding hydrogens is 286 g/mol. The number of hydrogen-bond acceptors (Lipinski definition) is 5. The number of rotatable bonds is 6. The van der Waals surface area contributed by atoms with Crippen LogP contribution < -0.4 is 20.1 Å². The zero-order valence-electron chi connectivity index (χ0n) is 12.8. The fourth-order valence-corrected chi connectivity index (χ4v) is 2.28. The van der Waals surface area contributed by atoms with Crippen LogP contribution in [0.2, 0.25) is 0 Å². The summed E-state index contributed by atoms with van der Waals surface area (Å²) in [5.41, 5.74) is 0.919. The van der Waals surface area contributed by atoms with Gasteiger partial charge >= 0.3 is 0 Å². The van der Waals surface area contributed by atoms with Gasteiger partial charge in [0, 0.05) is 19.6 Å². The van der Waals surface area contributed by atoms with Gasteiger partial charge in [0.15, 0.2) is 11.5 Å². The first-order valence-electron chi connectivity index (χ1n) is 7.09. The Morgan fingerprint density at radius 1 is 1.32 bits per heavy atom. The molecule has 1 heterocycles. The van der Waals surface area contributed by atoms with E-state index in [-0.39, 0.29) is 24.9 Å². The van der Waals surface area contributed by atoms with Gasteiger partial charge in [0.05, 0.1) is 27.3 Å². The van der Waals surface area contributed by atoms with Crippen molar-refractivity contribution in [1.29, 1.82) is 0 Å². The molecule has 1 aliphatic heterocycles. The highest BCUT2D eigenvalue weighted by Crippen LogP contribution is 2.27. The van der Waals surface area contributed by atoms with Crippen molar-refractivity contribution >= 4 is 11.8 Å². The molecule has 0 bridgehead atoms. The minimum Gasteiger partial charge on any atom is -0.493 e. The van der Waals surface area contributed by atoms with E-state index in [1.165, 1.54) is 0 Å². The van der Waals surface area contributed by atoms with Crippen LogP contribution in [0.15, 0.2) is 18.2 Å². The molecule has 7 heteroatoms. The molecular formula is C15H21N3O4. The van der Waals surface area contributed by atoms with Crippen molar-refractivity contribution in [2.45, 2.75) is 6.54 Å². The van der Waals surface area contributed by atoms with E-state index >= 15 is 0 Å². The van der Waals surface area contributed by atoms with Crippen molar-refractivity contribution in [1.82, 2.24) is 15.5 Å². The van der Waals surface area contributed by atoms with Gasteiger partial charge in [-0.3, -0.25) is 14.5 Å². The quantitative estimate of drug-likeness (QED) is 0.758. The molecule has 1 fully saturated rings. The minimum atomic E-state index is -0.107. The summed E-state index contributed by atoms with van der Waals surface area (Å²) in [6, 6.07) is 5.50. The van der Waals surface area contributed by atoms with Crippen molar-refractivity contribution in [2.24, 2.45) is 0 Å². The molecule has 1 saturated heterocycles. The van der Waals surface area contributed by atoms with E-state index in [2.05, 4.69) is 10.6 Å². The highest BCUT2D eigenvalue weighted by Gasteiger charge is 2.18. The number of piperazine rings is 1. The first kappa shape index (κ1) is 16.1. The highest BCUT2D eigenvalue weighted by molar-refractivity contribution is 5.81. The number of methoxy groups -OCH3 is 2.